The molecule has 0 saturated heterocycles. The van der Waals surface area contributed by atoms with E-state index in [9.17, 15) is 9.59 Å². The van der Waals surface area contributed by atoms with Crippen molar-refractivity contribution >= 4 is 22.5 Å². The summed E-state index contributed by atoms with van der Waals surface area (Å²) in [7, 11) is 3.24. The number of esters is 1. The molecule has 0 fully saturated rings. The largest absolute Gasteiger partial charge is 0.496 e. The standard InChI is InChI=1S/C24H27NO5/c1-15-12-21(17(3)25(15)16(2)13-28-4)22(26)14-30-24(27)20-10-11-23(29-5)19-9-7-6-8-18(19)20/h6-12,16H,13-14H2,1-5H3/t16-/m0/s1. The summed E-state index contributed by atoms with van der Waals surface area (Å²) < 4.78 is 18.0. The van der Waals surface area contributed by atoms with Crippen LogP contribution in [0.4, 0.5) is 0 Å². The first-order valence-corrected chi connectivity index (χ1v) is 9.82. The minimum Gasteiger partial charge on any atom is -0.496 e. The van der Waals surface area contributed by atoms with Gasteiger partial charge in [-0.3, -0.25) is 4.79 Å². The van der Waals surface area contributed by atoms with E-state index in [1.165, 1.54) is 0 Å². The molecule has 0 aliphatic rings. The minimum atomic E-state index is -0.538. The van der Waals surface area contributed by atoms with Crippen LogP contribution in [0.2, 0.25) is 0 Å². The Morgan fingerprint density at radius 3 is 2.37 bits per heavy atom. The van der Waals surface area contributed by atoms with Gasteiger partial charge in [0.2, 0.25) is 5.78 Å². The number of hydrogen-bond donors (Lipinski definition) is 0. The summed E-state index contributed by atoms with van der Waals surface area (Å²) in [6.07, 6.45) is 0. The van der Waals surface area contributed by atoms with E-state index in [1.807, 2.05) is 51.1 Å². The van der Waals surface area contributed by atoms with Crippen LogP contribution in [0, 0.1) is 13.8 Å². The number of hydrogen-bond acceptors (Lipinski definition) is 5. The van der Waals surface area contributed by atoms with Crippen molar-refractivity contribution in [2.24, 2.45) is 0 Å². The van der Waals surface area contributed by atoms with Crippen LogP contribution in [0.15, 0.2) is 42.5 Å². The zero-order valence-electron chi connectivity index (χ0n) is 18.0. The summed E-state index contributed by atoms with van der Waals surface area (Å²) >= 11 is 0. The van der Waals surface area contributed by atoms with Crippen molar-refractivity contribution in [1.82, 2.24) is 4.57 Å². The summed E-state index contributed by atoms with van der Waals surface area (Å²) in [5.74, 6) is -0.0928. The number of aryl methyl sites for hydroxylation is 1. The molecule has 0 aliphatic carbocycles. The third-order valence-electron chi connectivity index (χ3n) is 5.29. The SMILES string of the molecule is COC[C@H](C)n1c(C)cc(C(=O)COC(=O)c2ccc(OC)c3ccccc23)c1C. The Hall–Kier alpha value is -3.12. The normalized spacial score (nSPS) is 12.0. The van der Waals surface area contributed by atoms with Crippen LogP contribution in [-0.4, -0.2) is 43.8 Å². The van der Waals surface area contributed by atoms with E-state index in [-0.39, 0.29) is 18.4 Å². The highest BCUT2D eigenvalue weighted by molar-refractivity contribution is 6.07. The van der Waals surface area contributed by atoms with Crippen molar-refractivity contribution in [1.29, 1.82) is 0 Å². The number of ketones is 1. The van der Waals surface area contributed by atoms with Gasteiger partial charge in [0.25, 0.3) is 0 Å². The molecule has 3 aromatic rings. The highest BCUT2D eigenvalue weighted by Gasteiger charge is 2.21. The lowest BCUT2D eigenvalue weighted by molar-refractivity contribution is 0.0476. The minimum absolute atomic E-state index is 0.102. The van der Waals surface area contributed by atoms with Crippen LogP contribution in [0.25, 0.3) is 10.8 Å². The number of benzene rings is 2. The van der Waals surface area contributed by atoms with Gasteiger partial charge in [0.05, 0.1) is 25.3 Å². The second kappa shape index (κ2) is 9.13. The second-order valence-corrected chi connectivity index (χ2v) is 7.32. The number of carbonyl (C=O) groups is 2. The number of Topliss-reactive ketones (excluding diaryl/α,β-unsaturated/α-hetero) is 1. The zero-order valence-corrected chi connectivity index (χ0v) is 18.0. The molecule has 2 aromatic carbocycles. The Morgan fingerprint density at radius 2 is 1.70 bits per heavy atom. The van der Waals surface area contributed by atoms with E-state index >= 15 is 0 Å². The van der Waals surface area contributed by atoms with Crippen molar-refractivity contribution < 1.29 is 23.8 Å². The first kappa shape index (κ1) is 21.6. The van der Waals surface area contributed by atoms with Gasteiger partial charge in [0.15, 0.2) is 6.61 Å². The number of methoxy groups -OCH3 is 2. The molecule has 0 saturated carbocycles. The molecule has 158 valence electrons. The van der Waals surface area contributed by atoms with Gasteiger partial charge in [-0.05, 0) is 44.4 Å². The van der Waals surface area contributed by atoms with E-state index in [0.717, 1.165) is 22.2 Å². The van der Waals surface area contributed by atoms with Crippen molar-refractivity contribution in [2.45, 2.75) is 26.8 Å². The third-order valence-corrected chi connectivity index (χ3v) is 5.29. The van der Waals surface area contributed by atoms with Gasteiger partial charge in [-0.2, -0.15) is 0 Å². The van der Waals surface area contributed by atoms with Gasteiger partial charge in [0, 0.05) is 29.4 Å². The summed E-state index contributed by atoms with van der Waals surface area (Å²) in [6, 6.07) is 12.8. The van der Waals surface area contributed by atoms with Crippen LogP contribution in [0.3, 0.4) is 0 Å². The predicted octanol–water partition coefficient (Wildman–Crippen LogP) is 4.51. The number of nitrogens with zero attached hydrogens (tertiary/aromatic N) is 1. The molecular formula is C24H27NO5. The lowest BCUT2D eigenvalue weighted by Crippen LogP contribution is -2.17. The summed E-state index contributed by atoms with van der Waals surface area (Å²) in [6.45, 7) is 6.11. The summed E-state index contributed by atoms with van der Waals surface area (Å²) in [4.78, 5) is 25.5. The second-order valence-electron chi connectivity index (χ2n) is 7.32. The van der Waals surface area contributed by atoms with Gasteiger partial charge in [-0.25, -0.2) is 4.79 Å². The third kappa shape index (κ3) is 4.09. The number of fused-ring (bicyclic) bond motifs is 1. The Kier molecular flexibility index (Phi) is 6.57. The van der Waals surface area contributed by atoms with Crippen LogP contribution in [0.1, 0.15) is 45.1 Å². The molecule has 0 spiro atoms. The molecule has 30 heavy (non-hydrogen) atoms. The lowest BCUT2D eigenvalue weighted by Gasteiger charge is -2.17. The van der Waals surface area contributed by atoms with Crippen molar-refractivity contribution in [3.8, 4) is 5.75 Å². The van der Waals surface area contributed by atoms with Gasteiger partial charge >= 0.3 is 5.97 Å². The van der Waals surface area contributed by atoms with E-state index in [4.69, 9.17) is 14.2 Å². The van der Waals surface area contributed by atoms with Gasteiger partial charge in [0.1, 0.15) is 5.75 Å². The maximum Gasteiger partial charge on any atom is 0.339 e. The number of carbonyl (C=O) groups excluding carboxylic acids is 2. The number of rotatable bonds is 8. The van der Waals surface area contributed by atoms with E-state index in [2.05, 4.69) is 4.57 Å². The molecule has 0 amide bonds. The molecule has 3 rings (SSSR count). The topological polar surface area (TPSA) is 66.8 Å². The average molecular weight is 409 g/mol. The Morgan fingerprint density at radius 1 is 1.00 bits per heavy atom. The fraction of sp³-hybridized carbons (Fsp3) is 0.333. The van der Waals surface area contributed by atoms with E-state index in [1.54, 1.807) is 26.4 Å². The number of ether oxygens (including phenoxy) is 3. The first-order chi connectivity index (χ1) is 14.4. The van der Waals surface area contributed by atoms with Gasteiger partial charge in [-0.1, -0.05) is 24.3 Å². The Bertz CT molecular complexity index is 1080. The molecule has 0 unspecified atom stereocenters. The molecular weight excluding hydrogens is 382 g/mol. The van der Waals surface area contributed by atoms with Crippen LogP contribution < -0.4 is 4.74 Å². The molecule has 0 aliphatic heterocycles. The van der Waals surface area contributed by atoms with Crippen LogP contribution >= 0.6 is 0 Å². The highest BCUT2D eigenvalue weighted by atomic mass is 16.5. The maximum absolute atomic E-state index is 12.8. The zero-order chi connectivity index (χ0) is 21.8. The molecule has 0 N–H and O–H groups in total. The molecule has 0 radical (unpaired) electrons. The highest BCUT2D eigenvalue weighted by Crippen LogP contribution is 2.29. The van der Waals surface area contributed by atoms with Crippen LogP contribution in [-0.2, 0) is 9.47 Å². The molecule has 1 aromatic heterocycles. The summed E-state index contributed by atoms with van der Waals surface area (Å²) in [5, 5.41) is 1.54. The quantitative estimate of drug-likeness (QED) is 0.404. The fourth-order valence-electron chi connectivity index (χ4n) is 3.97. The average Bonchev–Trinajstić information content (AvgIpc) is 3.05. The monoisotopic (exact) mass is 409 g/mol. The van der Waals surface area contributed by atoms with Crippen molar-refractivity contribution in [2.75, 3.05) is 27.4 Å². The Labute approximate surface area is 176 Å². The van der Waals surface area contributed by atoms with Crippen molar-refractivity contribution in [3.63, 3.8) is 0 Å². The number of aromatic nitrogens is 1. The predicted molar refractivity (Wildman–Crippen MR) is 116 cm³/mol. The van der Waals surface area contributed by atoms with Gasteiger partial charge in [-0.15, -0.1) is 0 Å². The smallest absolute Gasteiger partial charge is 0.339 e. The molecule has 6 nitrogen and oxygen atoms in total. The van der Waals surface area contributed by atoms with Gasteiger partial charge < -0.3 is 18.8 Å². The molecule has 6 heteroatoms. The maximum atomic E-state index is 12.8. The fourth-order valence-corrected chi connectivity index (χ4v) is 3.97. The lowest BCUT2D eigenvalue weighted by atomic mass is 10.0. The Balaban J connectivity index is 1.78. The van der Waals surface area contributed by atoms with E-state index < -0.39 is 5.97 Å². The van der Waals surface area contributed by atoms with Crippen molar-refractivity contribution in [3.05, 3.63) is 65.0 Å². The van der Waals surface area contributed by atoms with E-state index in [0.29, 0.717) is 23.5 Å². The molecule has 1 heterocycles. The molecule has 0 bridgehead atoms. The molecule has 1 atom stereocenters. The summed E-state index contributed by atoms with van der Waals surface area (Å²) in [5.41, 5.74) is 2.77. The first-order valence-electron chi connectivity index (χ1n) is 9.82. The van der Waals surface area contributed by atoms with Crippen LogP contribution in [0.5, 0.6) is 5.75 Å².